The largest absolute Gasteiger partial charge is 0.489 e. The summed E-state index contributed by atoms with van der Waals surface area (Å²) in [5.41, 5.74) is 11.1. The number of rotatable bonds is 7. The molecule has 3 aromatic carbocycles. The Morgan fingerprint density at radius 3 is 2.48 bits per heavy atom. The summed E-state index contributed by atoms with van der Waals surface area (Å²) in [5.74, 6) is 1.03. The van der Waals surface area contributed by atoms with E-state index in [0.717, 1.165) is 24.1 Å². The van der Waals surface area contributed by atoms with Crippen LogP contribution in [0.1, 0.15) is 49.1 Å². The molecule has 1 aromatic heterocycles. The Labute approximate surface area is 244 Å². The predicted molar refractivity (Wildman–Crippen MR) is 164 cm³/mol. The van der Waals surface area contributed by atoms with Gasteiger partial charge in [-0.25, -0.2) is 4.98 Å². The van der Waals surface area contributed by atoms with Crippen molar-refractivity contribution in [2.24, 2.45) is 0 Å². The van der Waals surface area contributed by atoms with E-state index in [9.17, 15) is 0 Å². The molecule has 0 aliphatic carbocycles. The lowest BCUT2D eigenvalue weighted by Crippen LogP contribution is -2.46. The first-order chi connectivity index (χ1) is 19.5. The number of benzene rings is 3. The van der Waals surface area contributed by atoms with Gasteiger partial charge in [0.05, 0.1) is 11.0 Å². The van der Waals surface area contributed by atoms with Crippen LogP contribution in [-0.4, -0.2) is 52.8 Å². The van der Waals surface area contributed by atoms with Gasteiger partial charge < -0.3 is 25.3 Å². The van der Waals surface area contributed by atoms with Gasteiger partial charge in [-0.05, 0) is 87.3 Å². The van der Waals surface area contributed by atoms with Crippen molar-refractivity contribution in [1.29, 1.82) is 5.41 Å². The normalized spacial score (nSPS) is 16.9. The topological polar surface area (TPSA) is 94.3 Å². The summed E-state index contributed by atoms with van der Waals surface area (Å²) in [7, 11) is 0. The van der Waals surface area contributed by atoms with Crippen LogP contribution in [0.15, 0.2) is 54.6 Å². The molecule has 6 rings (SSSR count). The SMILES string of the molecule is N=C(c1nc2ccc(N3CCC(N4CCCCC4)CC3)cc2[nH]1)c1cc(OCc2c(Cl)cccc2Cl)ccc1N. The molecular formula is C31H34Cl2N6O. The molecule has 7 nitrogen and oxygen atoms in total. The zero-order valence-electron chi connectivity index (χ0n) is 22.4. The number of anilines is 2. The molecule has 2 aliphatic rings. The fourth-order valence-electron chi connectivity index (χ4n) is 5.88. The average Bonchev–Trinajstić information content (AvgIpc) is 3.41. The lowest BCUT2D eigenvalue weighted by atomic mass is 9.99. The van der Waals surface area contributed by atoms with Gasteiger partial charge in [0.2, 0.25) is 0 Å². The van der Waals surface area contributed by atoms with Crippen LogP contribution in [-0.2, 0) is 6.61 Å². The number of piperidine rings is 2. The summed E-state index contributed by atoms with van der Waals surface area (Å²) < 4.78 is 5.96. The second kappa shape index (κ2) is 11.7. The number of aromatic nitrogens is 2. The molecule has 9 heteroatoms. The molecular weight excluding hydrogens is 543 g/mol. The Bertz CT molecular complexity index is 1500. The maximum Gasteiger partial charge on any atom is 0.157 e. The summed E-state index contributed by atoms with van der Waals surface area (Å²) in [4.78, 5) is 13.2. The van der Waals surface area contributed by atoms with E-state index in [1.54, 1.807) is 36.4 Å². The van der Waals surface area contributed by atoms with Gasteiger partial charge in [-0.1, -0.05) is 35.7 Å². The quantitative estimate of drug-likeness (QED) is 0.164. The van der Waals surface area contributed by atoms with Gasteiger partial charge in [0.1, 0.15) is 18.1 Å². The van der Waals surface area contributed by atoms with Crippen molar-refractivity contribution in [3.05, 3.63) is 81.6 Å². The second-order valence-electron chi connectivity index (χ2n) is 10.7. The number of imidazole rings is 1. The number of hydrogen-bond acceptors (Lipinski definition) is 6. The van der Waals surface area contributed by atoms with Crippen LogP contribution in [0.25, 0.3) is 11.0 Å². The van der Waals surface area contributed by atoms with Gasteiger partial charge in [-0.2, -0.15) is 0 Å². The third-order valence-corrected chi connectivity index (χ3v) is 8.89. The van der Waals surface area contributed by atoms with E-state index in [1.165, 1.54) is 50.9 Å². The number of aromatic amines is 1. The Hall–Kier alpha value is -3.26. The van der Waals surface area contributed by atoms with E-state index in [1.807, 2.05) is 6.07 Å². The fraction of sp³-hybridized carbons (Fsp3) is 0.355. The van der Waals surface area contributed by atoms with Crippen LogP contribution >= 0.6 is 23.2 Å². The highest BCUT2D eigenvalue weighted by Crippen LogP contribution is 2.30. The molecule has 0 bridgehead atoms. The highest BCUT2D eigenvalue weighted by Gasteiger charge is 2.26. The van der Waals surface area contributed by atoms with E-state index in [4.69, 9.17) is 44.1 Å². The van der Waals surface area contributed by atoms with Crippen molar-refractivity contribution in [1.82, 2.24) is 14.9 Å². The lowest BCUT2D eigenvalue weighted by molar-refractivity contribution is 0.141. The number of H-pyrrole nitrogens is 1. The lowest BCUT2D eigenvalue weighted by Gasteiger charge is -2.41. The van der Waals surface area contributed by atoms with Gasteiger partial charge in [-0.15, -0.1) is 0 Å². The smallest absolute Gasteiger partial charge is 0.157 e. The number of nitrogens with two attached hydrogens (primary N) is 1. The van der Waals surface area contributed by atoms with Gasteiger partial charge in [0.15, 0.2) is 5.82 Å². The highest BCUT2D eigenvalue weighted by atomic mass is 35.5. The molecule has 0 spiro atoms. The number of nitrogens with one attached hydrogen (secondary N) is 2. The first kappa shape index (κ1) is 26.9. The zero-order chi connectivity index (χ0) is 27.6. The van der Waals surface area contributed by atoms with Crippen molar-refractivity contribution < 1.29 is 4.74 Å². The molecule has 4 N–H and O–H groups in total. The fourth-order valence-corrected chi connectivity index (χ4v) is 6.39. The van der Waals surface area contributed by atoms with Crippen LogP contribution in [0.2, 0.25) is 10.0 Å². The summed E-state index contributed by atoms with van der Waals surface area (Å²) >= 11 is 12.6. The van der Waals surface area contributed by atoms with Crippen LogP contribution in [0.3, 0.4) is 0 Å². The first-order valence-electron chi connectivity index (χ1n) is 14.0. The van der Waals surface area contributed by atoms with Crippen LogP contribution in [0.4, 0.5) is 11.4 Å². The Morgan fingerprint density at radius 2 is 1.73 bits per heavy atom. The number of ether oxygens (including phenoxy) is 1. The van der Waals surface area contributed by atoms with Gasteiger partial charge in [0.25, 0.3) is 0 Å². The number of nitrogens with zero attached hydrogens (tertiary/aromatic N) is 3. The number of likely N-dealkylation sites (tertiary alicyclic amines) is 1. The van der Waals surface area contributed by atoms with E-state index in [2.05, 4.69) is 26.9 Å². The van der Waals surface area contributed by atoms with Crippen molar-refractivity contribution >= 4 is 51.3 Å². The van der Waals surface area contributed by atoms with Gasteiger partial charge in [-0.3, -0.25) is 5.41 Å². The van der Waals surface area contributed by atoms with Gasteiger partial charge >= 0.3 is 0 Å². The minimum Gasteiger partial charge on any atom is -0.489 e. The summed E-state index contributed by atoms with van der Waals surface area (Å²) in [6, 6.07) is 17.7. The standard InChI is InChI=1S/C31H34Cl2N6O/c32-25-5-4-6-26(33)24(25)19-40-22-8-9-27(34)23(18-22)30(35)31-36-28-10-7-21(17-29(28)37-31)39-15-11-20(12-16-39)38-13-2-1-3-14-38/h4-10,17-18,20,35H,1-3,11-16,19,34H2,(H,36,37). The summed E-state index contributed by atoms with van der Waals surface area (Å²) in [5, 5.41) is 9.98. The first-order valence-corrected chi connectivity index (χ1v) is 14.7. The van der Waals surface area contributed by atoms with Crippen molar-refractivity contribution in [3.8, 4) is 5.75 Å². The molecule has 208 valence electrons. The molecule has 40 heavy (non-hydrogen) atoms. The highest BCUT2D eigenvalue weighted by molar-refractivity contribution is 6.35. The maximum absolute atomic E-state index is 8.89. The zero-order valence-corrected chi connectivity index (χ0v) is 23.9. The van der Waals surface area contributed by atoms with Crippen LogP contribution in [0, 0.1) is 5.41 Å². The predicted octanol–water partition coefficient (Wildman–Crippen LogP) is 6.90. The van der Waals surface area contributed by atoms with E-state index < -0.39 is 0 Å². The molecule has 0 amide bonds. The monoisotopic (exact) mass is 576 g/mol. The van der Waals surface area contributed by atoms with E-state index in [0.29, 0.717) is 44.5 Å². The molecule has 2 aliphatic heterocycles. The maximum atomic E-state index is 8.89. The van der Waals surface area contributed by atoms with Crippen molar-refractivity contribution in [2.45, 2.75) is 44.8 Å². The molecule has 3 heterocycles. The molecule has 0 unspecified atom stereocenters. The van der Waals surface area contributed by atoms with E-state index >= 15 is 0 Å². The Kier molecular flexibility index (Phi) is 7.87. The van der Waals surface area contributed by atoms with Crippen LogP contribution < -0.4 is 15.4 Å². The molecule has 2 saturated heterocycles. The number of halogens is 2. The second-order valence-corrected chi connectivity index (χ2v) is 11.5. The molecule has 0 radical (unpaired) electrons. The van der Waals surface area contributed by atoms with Crippen molar-refractivity contribution in [2.75, 3.05) is 36.8 Å². The molecule has 0 atom stereocenters. The molecule has 2 fully saturated rings. The third-order valence-electron chi connectivity index (χ3n) is 8.18. The van der Waals surface area contributed by atoms with Gasteiger partial charge in [0, 0.05) is 51.7 Å². The average molecular weight is 578 g/mol. The number of fused-ring (bicyclic) bond motifs is 1. The summed E-state index contributed by atoms with van der Waals surface area (Å²) in [6.45, 7) is 4.85. The Balaban J connectivity index is 1.15. The summed E-state index contributed by atoms with van der Waals surface area (Å²) in [6.07, 6.45) is 6.47. The Morgan fingerprint density at radius 1 is 0.975 bits per heavy atom. The minimum atomic E-state index is 0.206. The number of hydrogen-bond donors (Lipinski definition) is 3. The number of nitrogen functional groups attached to an aromatic ring is 1. The van der Waals surface area contributed by atoms with E-state index in [-0.39, 0.29) is 12.3 Å². The molecule has 0 saturated carbocycles. The van der Waals surface area contributed by atoms with Crippen LogP contribution in [0.5, 0.6) is 5.75 Å². The molecule has 4 aromatic rings. The third kappa shape index (κ3) is 5.64. The van der Waals surface area contributed by atoms with Crippen molar-refractivity contribution in [3.63, 3.8) is 0 Å². The minimum absolute atomic E-state index is 0.206.